The van der Waals surface area contributed by atoms with Crippen molar-refractivity contribution in [3.8, 4) is 0 Å². The van der Waals surface area contributed by atoms with E-state index in [1.54, 1.807) is 11.3 Å². The van der Waals surface area contributed by atoms with Gasteiger partial charge in [-0.1, -0.05) is 30.3 Å². The van der Waals surface area contributed by atoms with Gasteiger partial charge in [-0.2, -0.15) is 0 Å². The molecule has 0 bridgehead atoms. The van der Waals surface area contributed by atoms with Gasteiger partial charge in [-0.05, 0) is 22.6 Å². The predicted octanol–water partition coefficient (Wildman–Crippen LogP) is 1.84. The van der Waals surface area contributed by atoms with Crippen LogP contribution in [0.3, 0.4) is 0 Å². The number of carbonyl (C=O) groups is 2. The number of nitrogens with two attached hydrogens (primary N) is 1. The smallest absolute Gasteiger partial charge is 0.410 e. The fourth-order valence-electron chi connectivity index (χ4n) is 2.51. The van der Waals surface area contributed by atoms with E-state index in [-0.39, 0.29) is 12.5 Å². The molecule has 7 heteroatoms. The van der Waals surface area contributed by atoms with Crippen LogP contribution in [0.1, 0.15) is 16.0 Å². The summed E-state index contributed by atoms with van der Waals surface area (Å²) < 4.78 is 5.05. The first-order valence-electron chi connectivity index (χ1n) is 7.69. The molecule has 1 fully saturated rings. The van der Waals surface area contributed by atoms with Gasteiger partial charge in [0.25, 0.3) is 0 Å². The molecule has 3 rings (SSSR count). The molecule has 0 saturated carbocycles. The maximum Gasteiger partial charge on any atom is 0.410 e. The molecule has 2 aromatic rings. The lowest BCUT2D eigenvalue weighted by atomic mass is 10.1. The summed E-state index contributed by atoms with van der Waals surface area (Å²) in [7, 11) is 0. The van der Waals surface area contributed by atoms with E-state index in [0.717, 1.165) is 16.0 Å². The van der Waals surface area contributed by atoms with Gasteiger partial charge in [-0.3, -0.25) is 9.69 Å². The van der Waals surface area contributed by atoms with Crippen LogP contribution >= 0.6 is 11.3 Å². The van der Waals surface area contributed by atoms with Crippen molar-refractivity contribution in [2.24, 2.45) is 5.73 Å². The van der Waals surface area contributed by atoms with Crippen molar-refractivity contribution in [1.82, 2.24) is 10.2 Å². The average molecular weight is 345 g/mol. The monoisotopic (exact) mass is 345 g/mol. The molecule has 0 aliphatic carbocycles. The molecule has 1 aromatic carbocycles. The fraction of sp³-hybridized carbons (Fsp3) is 0.294. The fourth-order valence-corrected chi connectivity index (χ4v) is 3.22. The Morgan fingerprint density at radius 3 is 2.71 bits per heavy atom. The Morgan fingerprint density at radius 2 is 2.04 bits per heavy atom. The molecule has 126 valence electrons. The Kier molecular flexibility index (Phi) is 5.12. The number of hydrogen-bond donors (Lipinski definition) is 2. The zero-order chi connectivity index (χ0) is 16.9. The molecule has 0 radical (unpaired) electrons. The SMILES string of the molecule is NCc1ccc(CNC(=O)[C@@H]2COC(=O)N2Cc2cccs2)cc1. The molecule has 6 nitrogen and oxygen atoms in total. The highest BCUT2D eigenvalue weighted by Crippen LogP contribution is 2.19. The first-order valence-corrected chi connectivity index (χ1v) is 8.56. The number of amides is 2. The zero-order valence-electron chi connectivity index (χ0n) is 13.1. The number of benzene rings is 1. The standard InChI is InChI=1S/C17H19N3O3S/c18-8-12-3-5-13(6-4-12)9-19-16(21)15-11-23-17(22)20(15)10-14-2-1-7-24-14/h1-7,15H,8-11,18H2,(H,19,21)/t15-/m0/s1. The van der Waals surface area contributed by atoms with E-state index < -0.39 is 12.1 Å². The van der Waals surface area contributed by atoms with Crippen molar-refractivity contribution < 1.29 is 14.3 Å². The number of rotatable bonds is 6. The molecule has 1 saturated heterocycles. The second-order valence-corrected chi connectivity index (χ2v) is 6.57. The molecule has 0 spiro atoms. The molecular formula is C17H19N3O3S. The quantitative estimate of drug-likeness (QED) is 0.837. The van der Waals surface area contributed by atoms with Crippen LogP contribution in [0.5, 0.6) is 0 Å². The van der Waals surface area contributed by atoms with Crippen molar-refractivity contribution in [3.05, 3.63) is 57.8 Å². The van der Waals surface area contributed by atoms with Gasteiger partial charge in [0.2, 0.25) is 5.91 Å². The van der Waals surface area contributed by atoms with Crippen molar-refractivity contribution in [2.45, 2.75) is 25.7 Å². The van der Waals surface area contributed by atoms with E-state index in [0.29, 0.717) is 19.6 Å². The molecule has 1 atom stereocenters. The van der Waals surface area contributed by atoms with Crippen LogP contribution in [0.2, 0.25) is 0 Å². The number of carbonyl (C=O) groups excluding carboxylic acids is 2. The molecular weight excluding hydrogens is 326 g/mol. The van der Waals surface area contributed by atoms with Crippen LogP contribution < -0.4 is 11.1 Å². The maximum absolute atomic E-state index is 12.4. The normalized spacial score (nSPS) is 17.0. The topological polar surface area (TPSA) is 84.7 Å². The highest BCUT2D eigenvalue weighted by Gasteiger charge is 2.38. The number of nitrogens with zero attached hydrogens (tertiary/aromatic N) is 1. The number of ether oxygens (including phenoxy) is 1. The molecule has 1 aromatic heterocycles. The van der Waals surface area contributed by atoms with Gasteiger partial charge >= 0.3 is 6.09 Å². The largest absolute Gasteiger partial charge is 0.447 e. The third-order valence-electron chi connectivity index (χ3n) is 3.91. The second kappa shape index (κ2) is 7.46. The third kappa shape index (κ3) is 3.74. The van der Waals surface area contributed by atoms with E-state index in [1.165, 1.54) is 4.90 Å². The van der Waals surface area contributed by atoms with Crippen LogP contribution in [0.15, 0.2) is 41.8 Å². The third-order valence-corrected chi connectivity index (χ3v) is 4.77. The summed E-state index contributed by atoms with van der Waals surface area (Å²) in [6.45, 7) is 1.37. The predicted molar refractivity (Wildman–Crippen MR) is 91.2 cm³/mol. The summed E-state index contributed by atoms with van der Waals surface area (Å²) in [6, 6.07) is 11.0. The van der Waals surface area contributed by atoms with Gasteiger partial charge < -0.3 is 15.8 Å². The lowest BCUT2D eigenvalue weighted by molar-refractivity contribution is -0.125. The number of thiophene rings is 1. The van der Waals surface area contributed by atoms with Crippen LogP contribution in [0.4, 0.5) is 4.79 Å². The van der Waals surface area contributed by atoms with Crippen molar-refractivity contribution >= 4 is 23.3 Å². The minimum atomic E-state index is -0.595. The van der Waals surface area contributed by atoms with Gasteiger partial charge in [0.05, 0.1) is 6.54 Å². The number of cyclic esters (lactones) is 1. The van der Waals surface area contributed by atoms with Crippen molar-refractivity contribution in [3.63, 3.8) is 0 Å². The van der Waals surface area contributed by atoms with Crippen LogP contribution in [-0.4, -0.2) is 29.5 Å². The van der Waals surface area contributed by atoms with Gasteiger partial charge in [0, 0.05) is 18.0 Å². The van der Waals surface area contributed by atoms with Crippen molar-refractivity contribution in [2.75, 3.05) is 6.61 Å². The minimum Gasteiger partial charge on any atom is -0.447 e. The van der Waals surface area contributed by atoms with Gasteiger partial charge in [-0.15, -0.1) is 11.3 Å². The molecule has 24 heavy (non-hydrogen) atoms. The van der Waals surface area contributed by atoms with Crippen LogP contribution in [-0.2, 0) is 29.2 Å². The lowest BCUT2D eigenvalue weighted by Gasteiger charge is -2.20. The zero-order valence-corrected chi connectivity index (χ0v) is 13.9. The van der Waals surface area contributed by atoms with E-state index in [9.17, 15) is 9.59 Å². The summed E-state index contributed by atoms with van der Waals surface area (Å²) in [6.07, 6.45) is -0.448. The molecule has 1 aliphatic rings. The van der Waals surface area contributed by atoms with Crippen LogP contribution in [0, 0.1) is 0 Å². The van der Waals surface area contributed by atoms with Gasteiger partial charge in [0.1, 0.15) is 12.6 Å². The highest BCUT2D eigenvalue weighted by molar-refractivity contribution is 7.09. The summed E-state index contributed by atoms with van der Waals surface area (Å²) in [5.41, 5.74) is 7.59. The first kappa shape index (κ1) is 16.5. The second-order valence-electron chi connectivity index (χ2n) is 5.54. The summed E-state index contributed by atoms with van der Waals surface area (Å²) in [5, 5.41) is 4.81. The molecule has 3 N–H and O–H groups in total. The number of hydrogen-bond acceptors (Lipinski definition) is 5. The summed E-state index contributed by atoms with van der Waals surface area (Å²) >= 11 is 1.55. The lowest BCUT2D eigenvalue weighted by Crippen LogP contribution is -2.45. The van der Waals surface area contributed by atoms with E-state index >= 15 is 0 Å². The Hall–Kier alpha value is -2.38. The minimum absolute atomic E-state index is 0.0855. The van der Waals surface area contributed by atoms with Gasteiger partial charge in [-0.25, -0.2) is 4.79 Å². The van der Waals surface area contributed by atoms with E-state index in [1.807, 2.05) is 41.8 Å². The summed E-state index contributed by atoms with van der Waals surface area (Å²) in [5.74, 6) is -0.208. The first-order chi connectivity index (χ1) is 11.7. The highest BCUT2D eigenvalue weighted by atomic mass is 32.1. The Balaban J connectivity index is 1.59. The Labute approximate surface area is 144 Å². The average Bonchev–Trinajstić information content (AvgIpc) is 3.24. The molecule has 2 amide bonds. The molecule has 0 unspecified atom stereocenters. The molecule has 1 aliphatic heterocycles. The van der Waals surface area contributed by atoms with E-state index in [2.05, 4.69) is 5.32 Å². The maximum atomic E-state index is 12.4. The Morgan fingerprint density at radius 1 is 1.29 bits per heavy atom. The van der Waals surface area contributed by atoms with E-state index in [4.69, 9.17) is 10.5 Å². The molecule has 2 heterocycles. The number of nitrogens with one attached hydrogen (secondary N) is 1. The van der Waals surface area contributed by atoms with Crippen LogP contribution in [0.25, 0.3) is 0 Å². The van der Waals surface area contributed by atoms with Crippen molar-refractivity contribution in [1.29, 1.82) is 0 Å². The summed E-state index contributed by atoms with van der Waals surface area (Å²) in [4.78, 5) is 26.8. The van der Waals surface area contributed by atoms with Gasteiger partial charge in [0.15, 0.2) is 0 Å². The Bertz CT molecular complexity index is 700.